The van der Waals surface area contributed by atoms with Crippen LogP contribution in [0.4, 0.5) is 0 Å². The Kier molecular flexibility index (Phi) is 8.53. The Morgan fingerprint density at radius 1 is 0.226 bits per heavy atom. The molecule has 0 aliphatic carbocycles. The van der Waals surface area contributed by atoms with Gasteiger partial charge in [-0.1, -0.05) is 188 Å². The van der Waals surface area contributed by atoms with Gasteiger partial charge in [0.25, 0.3) is 0 Å². The van der Waals surface area contributed by atoms with E-state index in [4.69, 9.17) is 0 Å². The van der Waals surface area contributed by atoms with Crippen molar-refractivity contribution in [2.45, 2.75) is 0 Å². The van der Waals surface area contributed by atoms with Gasteiger partial charge in [0, 0.05) is 32.8 Å². The molecule has 2 aromatic heterocycles. The summed E-state index contributed by atoms with van der Waals surface area (Å²) in [4.78, 5) is 0. The second kappa shape index (κ2) is 14.8. The molecule has 10 aromatic carbocycles. The first-order valence-electron chi connectivity index (χ1n) is 21.3. The smallest absolute Gasteiger partial charge is 0.0547 e. The van der Waals surface area contributed by atoms with Gasteiger partial charge in [-0.3, -0.25) is 0 Å². The first-order chi connectivity index (χ1) is 30.8. The highest BCUT2D eigenvalue weighted by Crippen LogP contribution is 2.42. The first kappa shape index (κ1) is 35.7. The van der Waals surface area contributed by atoms with Crippen molar-refractivity contribution in [2.75, 3.05) is 0 Å². The Morgan fingerprint density at radius 2 is 0.677 bits per heavy atom. The van der Waals surface area contributed by atoms with Crippen molar-refractivity contribution < 1.29 is 0 Å². The summed E-state index contributed by atoms with van der Waals surface area (Å²) in [5, 5.41) is 4.99. The maximum atomic E-state index is 2.43. The van der Waals surface area contributed by atoms with Crippen molar-refractivity contribution in [3.05, 3.63) is 243 Å². The molecular weight excluding hydrogens is 749 g/mol. The van der Waals surface area contributed by atoms with E-state index in [1.54, 1.807) is 0 Å². The molecule has 290 valence electrons. The van der Waals surface area contributed by atoms with E-state index in [2.05, 4.69) is 252 Å². The third kappa shape index (κ3) is 5.96. The van der Waals surface area contributed by atoms with Gasteiger partial charge in [-0.15, -0.1) is 0 Å². The number of para-hydroxylation sites is 2. The summed E-state index contributed by atoms with van der Waals surface area (Å²) >= 11 is 0. The number of aromatic nitrogens is 2. The summed E-state index contributed by atoms with van der Waals surface area (Å²) in [5.74, 6) is 0. The number of nitrogens with zero attached hydrogens (tertiary/aromatic N) is 2. The quantitative estimate of drug-likeness (QED) is 0.152. The van der Waals surface area contributed by atoms with Crippen LogP contribution in [0.15, 0.2) is 243 Å². The molecule has 0 fully saturated rings. The van der Waals surface area contributed by atoms with Gasteiger partial charge in [0.15, 0.2) is 0 Å². The third-order valence-electron chi connectivity index (χ3n) is 12.5. The van der Waals surface area contributed by atoms with Crippen molar-refractivity contribution in [1.29, 1.82) is 0 Å². The van der Waals surface area contributed by atoms with E-state index >= 15 is 0 Å². The lowest BCUT2D eigenvalue weighted by molar-refractivity contribution is 1.18. The molecule has 0 aliphatic heterocycles. The number of benzene rings is 10. The summed E-state index contributed by atoms with van der Waals surface area (Å²) < 4.78 is 4.86. The second-order valence-corrected chi connectivity index (χ2v) is 16.1. The van der Waals surface area contributed by atoms with E-state index in [1.165, 1.54) is 105 Å². The summed E-state index contributed by atoms with van der Waals surface area (Å²) in [7, 11) is 0. The Labute approximate surface area is 360 Å². The van der Waals surface area contributed by atoms with Crippen molar-refractivity contribution in [3.63, 3.8) is 0 Å². The van der Waals surface area contributed by atoms with Gasteiger partial charge in [0.05, 0.1) is 27.8 Å². The molecule has 0 radical (unpaired) electrons. The van der Waals surface area contributed by atoms with Gasteiger partial charge >= 0.3 is 0 Å². The maximum Gasteiger partial charge on any atom is 0.0547 e. The van der Waals surface area contributed by atoms with Gasteiger partial charge in [0.2, 0.25) is 0 Å². The van der Waals surface area contributed by atoms with Crippen LogP contribution in [-0.4, -0.2) is 9.13 Å². The highest BCUT2D eigenvalue weighted by molar-refractivity contribution is 6.17. The molecule has 12 aromatic rings. The minimum absolute atomic E-state index is 1.15. The minimum atomic E-state index is 1.15. The van der Waals surface area contributed by atoms with Crippen LogP contribution in [0.5, 0.6) is 0 Å². The van der Waals surface area contributed by atoms with Crippen LogP contribution in [0.25, 0.3) is 111 Å². The third-order valence-corrected chi connectivity index (χ3v) is 12.5. The Morgan fingerprint density at radius 3 is 1.39 bits per heavy atom. The fourth-order valence-electron chi connectivity index (χ4n) is 9.64. The molecule has 2 nitrogen and oxygen atoms in total. The lowest BCUT2D eigenvalue weighted by Gasteiger charge is -2.14. The molecule has 12 rings (SSSR count). The van der Waals surface area contributed by atoms with Crippen LogP contribution in [0.2, 0.25) is 0 Å². The van der Waals surface area contributed by atoms with E-state index in [-0.39, 0.29) is 0 Å². The van der Waals surface area contributed by atoms with Crippen molar-refractivity contribution in [2.24, 2.45) is 0 Å². The molecule has 0 atom stereocenters. The fraction of sp³-hybridized carbons (Fsp3) is 0. The van der Waals surface area contributed by atoms with E-state index in [0.717, 1.165) is 5.69 Å². The van der Waals surface area contributed by atoms with E-state index in [0.29, 0.717) is 0 Å². The predicted molar refractivity (Wildman–Crippen MR) is 262 cm³/mol. The molecule has 62 heavy (non-hydrogen) atoms. The van der Waals surface area contributed by atoms with Crippen LogP contribution in [-0.2, 0) is 0 Å². The Bertz CT molecular complexity index is 3600. The fourth-order valence-corrected chi connectivity index (χ4v) is 9.64. The van der Waals surface area contributed by atoms with Crippen molar-refractivity contribution in [1.82, 2.24) is 9.13 Å². The molecule has 0 saturated carbocycles. The molecule has 0 unspecified atom stereocenters. The second-order valence-electron chi connectivity index (χ2n) is 16.1. The summed E-state index contributed by atoms with van der Waals surface area (Å²) in [6.07, 6.45) is 0. The average molecular weight is 789 g/mol. The van der Waals surface area contributed by atoms with Gasteiger partial charge in [-0.05, 0) is 105 Å². The average Bonchev–Trinajstić information content (AvgIpc) is 3.87. The molecule has 0 spiro atoms. The van der Waals surface area contributed by atoms with Crippen molar-refractivity contribution >= 4 is 43.6 Å². The number of hydrogen-bond donors (Lipinski definition) is 0. The molecule has 0 saturated heterocycles. The van der Waals surface area contributed by atoms with Gasteiger partial charge in [-0.25, -0.2) is 0 Å². The Hall–Kier alpha value is -8.20. The minimum Gasteiger partial charge on any atom is -0.309 e. The number of fused-ring (bicyclic) bond motifs is 6. The van der Waals surface area contributed by atoms with Gasteiger partial charge < -0.3 is 9.13 Å². The predicted octanol–water partition coefficient (Wildman–Crippen LogP) is 16.2. The highest BCUT2D eigenvalue weighted by Gasteiger charge is 2.19. The number of rotatable bonds is 7. The van der Waals surface area contributed by atoms with Crippen LogP contribution < -0.4 is 0 Å². The van der Waals surface area contributed by atoms with Crippen molar-refractivity contribution in [3.8, 4) is 67.0 Å². The van der Waals surface area contributed by atoms with Crippen LogP contribution in [0.3, 0.4) is 0 Å². The van der Waals surface area contributed by atoms with Crippen LogP contribution in [0, 0.1) is 0 Å². The van der Waals surface area contributed by atoms with Crippen LogP contribution in [0.1, 0.15) is 0 Å². The zero-order valence-electron chi connectivity index (χ0n) is 34.0. The van der Waals surface area contributed by atoms with Gasteiger partial charge in [0.1, 0.15) is 0 Å². The number of hydrogen-bond acceptors (Lipinski definition) is 0. The lowest BCUT2D eigenvalue weighted by atomic mass is 9.96. The molecule has 0 N–H and O–H groups in total. The first-order valence-corrected chi connectivity index (χ1v) is 21.3. The van der Waals surface area contributed by atoms with Crippen LogP contribution >= 0.6 is 0 Å². The van der Waals surface area contributed by atoms with Gasteiger partial charge in [-0.2, -0.15) is 0 Å². The molecule has 2 heteroatoms. The summed E-state index contributed by atoms with van der Waals surface area (Å²) in [6, 6.07) is 88.3. The Balaban J connectivity index is 0.963. The monoisotopic (exact) mass is 788 g/mol. The highest BCUT2D eigenvalue weighted by atomic mass is 15.0. The van der Waals surface area contributed by atoms with E-state index in [1.807, 2.05) is 0 Å². The maximum absolute atomic E-state index is 2.43. The molecule has 0 aliphatic rings. The molecule has 2 heterocycles. The summed E-state index contributed by atoms with van der Waals surface area (Å²) in [6.45, 7) is 0. The summed E-state index contributed by atoms with van der Waals surface area (Å²) in [5.41, 5.74) is 19.2. The van der Waals surface area contributed by atoms with E-state index in [9.17, 15) is 0 Å². The SMILES string of the molecule is c1ccc(-c2cccc(-n3c4ccc(-c5ccc(-c6ccc7c(c6)c6ccccc6n7-c6ccccc6-c6ccccc6)cc5)cc4c4c(-c5ccccc5)cccc43)c2)cc1. The molecule has 0 bridgehead atoms. The standard InChI is InChI=1S/C60H40N2/c1-4-16-41(17-5-1)46-22-14-23-49(38-46)61-58-37-35-48(40-54(58)60-51(26-15-29-59(60)61)45-20-8-3-9-21-45)43-32-30-42(31-33-43)47-34-36-57-53(39-47)52-25-11-13-28-56(52)62(57)55-27-12-10-24-50(55)44-18-6-2-7-19-44/h1-40H. The molecule has 0 amide bonds. The van der Waals surface area contributed by atoms with E-state index < -0.39 is 0 Å². The lowest BCUT2D eigenvalue weighted by Crippen LogP contribution is -1.96. The molecular formula is C60H40N2. The topological polar surface area (TPSA) is 9.86 Å². The largest absolute Gasteiger partial charge is 0.309 e. The zero-order chi connectivity index (χ0) is 41.0. The normalized spacial score (nSPS) is 11.5. The zero-order valence-corrected chi connectivity index (χ0v) is 34.0.